The second-order valence-corrected chi connectivity index (χ2v) is 5.34. The summed E-state index contributed by atoms with van der Waals surface area (Å²) in [6.45, 7) is 3.27. The Kier molecular flexibility index (Phi) is 5.31. The molecule has 0 aromatic carbocycles. The number of amidine groups is 2. The molecule has 1 rings (SSSR count). The summed E-state index contributed by atoms with van der Waals surface area (Å²) in [6, 6.07) is -0.418. The Morgan fingerprint density at radius 1 is 1.61 bits per heavy atom. The van der Waals surface area contributed by atoms with Crippen LogP contribution in [0.4, 0.5) is 4.39 Å². The van der Waals surface area contributed by atoms with Gasteiger partial charge in [-0.15, -0.1) is 0 Å². The van der Waals surface area contributed by atoms with Gasteiger partial charge in [0, 0.05) is 7.05 Å². The molecular weight excluding hydrogens is 253 g/mol. The maximum atomic E-state index is 14.3. The highest BCUT2D eigenvalue weighted by Gasteiger charge is 2.43. The van der Waals surface area contributed by atoms with Crippen LogP contribution in [0.15, 0.2) is 9.98 Å². The maximum absolute atomic E-state index is 14.3. The zero-order valence-electron chi connectivity index (χ0n) is 11.3. The van der Waals surface area contributed by atoms with Gasteiger partial charge in [-0.25, -0.2) is 9.38 Å². The number of hydrogen-bond acceptors (Lipinski definition) is 3. The predicted octanol–water partition coefficient (Wildman–Crippen LogP) is 2.49. The van der Waals surface area contributed by atoms with Crippen molar-refractivity contribution in [1.29, 1.82) is 0 Å². The van der Waals surface area contributed by atoms with Crippen LogP contribution >= 0.6 is 11.8 Å². The Morgan fingerprint density at radius 2 is 2.28 bits per heavy atom. The number of carbonyl (C=O) groups excluding carboxylic acids is 1. The van der Waals surface area contributed by atoms with E-state index in [4.69, 9.17) is 0 Å². The summed E-state index contributed by atoms with van der Waals surface area (Å²) in [5.41, 5.74) is -1.33. The van der Waals surface area contributed by atoms with Gasteiger partial charge in [0.15, 0.2) is 5.17 Å². The van der Waals surface area contributed by atoms with Crippen molar-refractivity contribution in [2.45, 2.75) is 44.8 Å². The Balaban J connectivity index is 2.93. The summed E-state index contributed by atoms with van der Waals surface area (Å²) in [4.78, 5) is 20.8. The zero-order valence-corrected chi connectivity index (χ0v) is 12.1. The second kappa shape index (κ2) is 6.31. The minimum Gasteiger partial charge on any atom is -0.297 e. The van der Waals surface area contributed by atoms with Gasteiger partial charge in [0.1, 0.15) is 11.5 Å². The molecule has 1 saturated carbocycles. The van der Waals surface area contributed by atoms with Crippen molar-refractivity contribution in [3.8, 4) is 0 Å². The van der Waals surface area contributed by atoms with Crippen molar-refractivity contribution in [3.05, 3.63) is 0 Å². The van der Waals surface area contributed by atoms with Crippen LogP contribution in [-0.4, -0.2) is 47.3 Å². The molecule has 1 aliphatic rings. The number of thioether (sulfide) groups is 1. The molecule has 0 saturated heterocycles. The maximum Gasteiger partial charge on any atom is 0.215 e. The minimum absolute atomic E-state index is 0.418. The molecule has 6 heteroatoms. The summed E-state index contributed by atoms with van der Waals surface area (Å²) in [5, 5.41) is 0.581. The summed E-state index contributed by atoms with van der Waals surface area (Å²) in [6.07, 6.45) is 4.50. The number of alkyl halides is 1. The molecular formula is C12H20FN3OS. The predicted molar refractivity (Wildman–Crippen MR) is 75.0 cm³/mol. The van der Waals surface area contributed by atoms with E-state index >= 15 is 0 Å². The van der Waals surface area contributed by atoms with E-state index in [1.807, 2.05) is 6.26 Å². The topological polar surface area (TPSA) is 45.0 Å². The molecule has 0 heterocycles. The molecule has 0 unspecified atom stereocenters. The van der Waals surface area contributed by atoms with Gasteiger partial charge in [0.05, 0.1) is 6.04 Å². The SMILES string of the molecule is C/N=C(\N=C(/C)N(C=O)[C@@H]1CCC[C@]1(C)F)SC. The van der Waals surface area contributed by atoms with Crippen LogP contribution in [0.5, 0.6) is 0 Å². The number of rotatable bonds is 2. The van der Waals surface area contributed by atoms with Crippen LogP contribution in [0.2, 0.25) is 0 Å². The van der Waals surface area contributed by atoms with E-state index in [2.05, 4.69) is 9.98 Å². The molecule has 4 nitrogen and oxygen atoms in total. The molecule has 0 bridgehead atoms. The molecule has 18 heavy (non-hydrogen) atoms. The first kappa shape index (κ1) is 15.1. The van der Waals surface area contributed by atoms with Crippen LogP contribution in [0, 0.1) is 0 Å². The third-order valence-electron chi connectivity index (χ3n) is 3.29. The van der Waals surface area contributed by atoms with E-state index in [0.717, 1.165) is 6.42 Å². The molecule has 0 aromatic heterocycles. The van der Waals surface area contributed by atoms with E-state index in [-0.39, 0.29) is 0 Å². The first-order valence-corrected chi connectivity index (χ1v) is 7.17. The lowest BCUT2D eigenvalue weighted by Gasteiger charge is -2.31. The fourth-order valence-electron chi connectivity index (χ4n) is 2.30. The Labute approximate surface area is 112 Å². The average molecular weight is 273 g/mol. The van der Waals surface area contributed by atoms with Gasteiger partial charge in [-0.1, -0.05) is 11.8 Å². The van der Waals surface area contributed by atoms with Crippen molar-refractivity contribution >= 4 is 29.2 Å². The van der Waals surface area contributed by atoms with Crippen molar-refractivity contribution in [1.82, 2.24) is 4.90 Å². The van der Waals surface area contributed by atoms with Crippen molar-refractivity contribution in [3.63, 3.8) is 0 Å². The lowest BCUT2D eigenvalue weighted by Crippen LogP contribution is -2.46. The van der Waals surface area contributed by atoms with E-state index in [0.29, 0.717) is 30.3 Å². The number of amides is 1. The lowest BCUT2D eigenvalue weighted by molar-refractivity contribution is -0.118. The molecule has 0 radical (unpaired) electrons. The van der Waals surface area contributed by atoms with Gasteiger partial charge in [-0.2, -0.15) is 0 Å². The third kappa shape index (κ3) is 3.31. The lowest BCUT2D eigenvalue weighted by atomic mass is 10.0. The standard InChI is InChI=1S/C12H20FN3OS/c1-9(15-11(14-3)18-4)16(8-17)10-6-5-7-12(10,2)13/h8,10H,5-7H2,1-4H3/b14-11+,15-9+/t10-,12+/m1/s1. The van der Waals surface area contributed by atoms with Crippen molar-refractivity contribution in [2.24, 2.45) is 9.98 Å². The number of hydrogen-bond donors (Lipinski definition) is 0. The van der Waals surface area contributed by atoms with E-state index in [1.165, 1.54) is 16.7 Å². The molecule has 102 valence electrons. The normalized spacial score (nSPS) is 29.5. The van der Waals surface area contributed by atoms with Crippen LogP contribution < -0.4 is 0 Å². The Bertz CT molecular complexity index is 368. The molecule has 0 spiro atoms. The van der Waals surface area contributed by atoms with Gasteiger partial charge >= 0.3 is 0 Å². The van der Waals surface area contributed by atoms with Gasteiger partial charge in [-0.3, -0.25) is 14.7 Å². The fraction of sp³-hybridized carbons (Fsp3) is 0.750. The summed E-state index contributed by atoms with van der Waals surface area (Å²) in [7, 11) is 1.64. The third-order valence-corrected chi connectivity index (χ3v) is 3.93. The highest BCUT2D eigenvalue weighted by molar-refractivity contribution is 8.13. The van der Waals surface area contributed by atoms with Gasteiger partial charge in [-0.05, 0) is 39.4 Å². The summed E-state index contributed by atoms with van der Waals surface area (Å²) < 4.78 is 14.3. The van der Waals surface area contributed by atoms with Gasteiger partial charge in [0.2, 0.25) is 6.41 Å². The van der Waals surface area contributed by atoms with Crippen molar-refractivity contribution < 1.29 is 9.18 Å². The first-order valence-electron chi connectivity index (χ1n) is 5.95. The average Bonchev–Trinajstić information content (AvgIpc) is 2.67. The molecule has 2 atom stereocenters. The van der Waals surface area contributed by atoms with Crippen LogP contribution in [0.25, 0.3) is 0 Å². The molecule has 0 N–H and O–H groups in total. The largest absolute Gasteiger partial charge is 0.297 e. The van der Waals surface area contributed by atoms with E-state index < -0.39 is 11.7 Å². The number of carbonyl (C=O) groups is 1. The Hall–Kier alpha value is -0.910. The fourth-order valence-corrected chi connectivity index (χ4v) is 2.70. The monoisotopic (exact) mass is 273 g/mol. The highest BCUT2D eigenvalue weighted by atomic mass is 32.2. The first-order chi connectivity index (χ1) is 8.46. The van der Waals surface area contributed by atoms with Crippen molar-refractivity contribution in [2.75, 3.05) is 13.3 Å². The number of halogens is 1. The van der Waals surface area contributed by atoms with Gasteiger partial charge < -0.3 is 0 Å². The molecule has 1 aliphatic carbocycles. The quantitative estimate of drug-likeness (QED) is 0.441. The summed E-state index contributed by atoms with van der Waals surface area (Å²) in [5.74, 6) is 0.496. The van der Waals surface area contributed by atoms with Crippen LogP contribution in [0.1, 0.15) is 33.1 Å². The van der Waals surface area contributed by atoms with Crippen LogP contribution in [-0.2, 0) is 4.79 Å². The minimum atomic E-state index is -1.33. The summed E-state index contributed by atoms with van der Waals surface area (Å²) >= 11 is 1.39. The van der Waals surface area contributed by atoms with Crippen LogP contribution in [0.3, 0.4) is 0 Å². The van der Waals surface area contributed by atoms with Gasteiger partial charge in [0.25, 0.3) is 0 Å². The molecule has 0 aromatic rings. The van der Waals surface area contributed by atoms with E-state index in [9.17, 15) is 9.18 Å². The number of nitrogens with zero attached hydrogens (tertiary/aromatic N) is 3. The second-order valence-electron chi connectivity index (χ2n) is 4.57. The highest BCUT2D eigenvalue weighted by Crippen LogP contribution is 2.36. The molecule has 1 fully saturated rings. The molecule has 1 amide bonds. The molecule has 0 aliphatic heterocycles. The zero-order chi connectivity index (χ0) is 13.8. The number of aliphatic imine (C=N–C) groups is 2. The van der Waals surface area contributed by atoms with E-state index in [1.54, 1.807) is 20.9 Å². The Morgan fingerprint density at radius 3 is 2.67 bits per heavy atom. The smallest absolute Gasteiger partial charge is 0.215 e.